The number of nitrogens with zero attached hydrogens (tertiary/aromatic N) is 1. The Morgan fingerprint density at radius 3 is 2.27 bits per heavy atom. The third-order valence-electron chi connectivity index (χ3n) is 4.10. The number of hydrogen-bond acceptors (Lipinski definition) is 5. The van der Waals surface area contributed by atoms with Crippen LogP contribution in [-0.2, 0) is 11.3 Å². The van der Waals surface area contributed by atoms with E-state index in [0.717, 1.165) is 5.56 Å². The third-order valence-corrected chi connectivity index (χ3v) is 4.10. The van der Waals surface area contributed by atoms with Crippen LogP contribution in [0.15, 0.2) is 42.5 Å². The first-order valence-electron chi connectivity index (χ1n) is 8.36. The van der Waals surface area contributed by atoms with E-state index in [9.17, 15) is 4.79 Å². The quantitative estimate of drug-likeness (QED) is 0.735. The molecule has 0 aromatic heterocycles. The second-order valence-electron chi connectivity index (χ2n) is 6.08. The van der Waals surface area contributed by atoms with Crippen LogP contribution in [0, 0.1) is 0 Å². The van der Waals surface area contributed by atoms with Gasteiger partial charge in [-0.3, -0.25) is 4.79 Å². The maximum atomic E-state index is 13.1. The molecule has 0 saturated heterocycles. The van der Waals surface area contributed by atoms with E-state index in [1.54, 1.807) is 56.6 Å². The summed E-state index contributed by atoms with van der Waals surface area (Å²) in [5.74, 6) is 1.24. The Balaban J connectivity index is 2.35. The number of nitrogen functional groups attached to an aromatic ring is 1. The van der Waals surface area contributed by atoms with Gasteiger partial charge in [-0.15, -0.1) is 0 Å². The fraction of sp³-hybridized carbons (Fsp3) is 0.350. The molecule has 0 bridgehead atoms. The second-order valence-corrected chi connectivity index (χ2v) is 6.08. The minimum Gasteiger partial charge on any atom is -0.497 e. The number of ether oxygens (including phenoxy) is 3. The van der Waals surface area contributed by atoms with Crippen molar-refractivity contribution in [1.29, 1.82) is 0 Å². The molecule has 2 N–H and O–H groups in total. The SMILES string of the molecule is COC[C@H](C)N(Cc1cc(OC)cc(OC)c1)C(=O)c1cccc(N)c1. The summed E-state index contributed by atoms with van der Waals surface area (Å²) in [4.78, 5) is 14.8. The summed E-state index contributed by atoms with van der Waals surface area (Å²) in [7, 11) is 4.82. The Bertz CT molecular complexity index is 726. The van der Waals surface area contributed by atoms with E-state index in [4.69, 9.17) is 19.9 Å². The summed E-state index contributed by atoms with van der Waals surface area (Å²) in [6.45, 7) is 2.77. The minimum absolute atomic E-state index is 0.108. The minimum atomic E-state index is -0.119. The average Bonchev–Trinajstić information content (AvgIpc) is 2.65. The third kappa shape index (κ3) is 4.89. The van der Waals surface area contributed by atoms with Crippen LogP contribution in [0.25, 0.3) is 0 Å². The van der Waals surface area contributed by atoms with E-state index in [1.807, 2.05) is 19.1 Å². The molecule has 6 heteroatoms. The Hall–Kier alpha value is -2.73. The fourth-order valence-electron chi connectivity index (χ4n) is 2.75. The lowest BCUT2D eigenvalue weighted by atomic mass is 10.1. The van der Waals surface area contributed by atoms with E-state index in [1.165, 1.54) is 0 Å². The molecule has 0 aliphatic carbocycles. The van der Waals surface area contributed by atoms with Crippen molar-refractivity contribution in [2.45, 2.75) is 19.5 Å². The molecular weight excluding hydrogens is 332 g/mol. The van der Waals surface area contributed by atoms with Gasteiger partial charge in [0.1, 0.15) is 11.5 Å². The van der Waals surface area contributed by atoms with Crippen LogP contribution in [0.2, 0.25) is 0 Å². The van der Waals surface area contributed by atoms with Gasteiger partial charge in [-0.2, -0.15) is 0 Å². The molecule has 1 atom stereocenters. The summed E-state index contributed by atoms with van der Waals surface area (Å²) in [6, 6.07) is 12.4. The van der Waals surface area contributed by atoms with E-state index in [0.29, 0.717) is 35.9 Å². The zero-order valence-corrected chi connectivity index (χ0v) is 15.7. The van der Waals surface area contributed by atoms with Gasteiger partial charge < -0.3 is 24.8 Å². The molecule has 0 spiro atoms. The van der Waals surface area contributed by atoms with Gasteiger partial charge in [0.05, 0.1) is 26.9 Å². The van der Waals surface area contributed by atoms with Crippen LogP contribution in [0.4, 0.5) is 5.69 Å². The molecule has 0 unspecified atom stereocenters. The predicted octanol–water partition coefficient (Wildman–Crippen LogP) is 2.96. The number of nitrogens with two attached hydrogens (primary N) is 1. The smallest absolute Gasteiger partial charge is 0.254 e. The topological polar surface area (TPSA) is 74.0 Å². The molecule has 0 aliphatic rings. The number of rotatable bonds is 8. The highest BCUT2D eigenvalue weighted by Gasteiger charge is 2.22. The number of benzene rings is 2. The summed E-state index contributed by atoms with van der Waals surface area (Å²) in [6.07, 6.45) is 0. The zero-order valence-electron chi connectivity index (χ0n) is 15.7. The van der Waals surface area contributed by atoms with Crippen molar-refractivity contribution in [3.63, 3.8) is 0 Å². The monoisotopic (exact) mass is 358 g/mol. The average molecular weight is 358 g/mol. The molecule has 2 rings (SSSR count). The number of amides is 1. The second kappa shape index (κ2) is 9.10. The lowest BCUT2D eigenvalue weighted by Crippen LogP contribution is -2.40. The van der Waals surface area contributed by atoms with Gasteiger partial charge in [-0.25, -0.2) is 0 Å². The normalized spacial score (nSPS) is 11.7. The Morgan fingerprint density at radius 2 is 1.73 bits per heavy atom. The first-order chi connectivity index (χ1) is 12.5. The molecule has 0 radical (unpaired) electrons. The lowest BCUT2D eigenvalue weighted by molar-refractivity contribution is 0.0541. The Labute approximate surface area is 154 Å². The molecule has 2 aromatic rings. The largest absolute Gasteiger partial charge is 0.497 e. The highest BCUT2D eigenvalue weighted by molar-refractivity contribution is 5.95. The highest BCUT2D eigenvalue weighted by Crippen LogP contribution is 2.25. The summed E-state index contributed by atoms with van der Waals surface area (Å²) < 4.78 is 15.9. The highest BCUT2D eigenvalue weighted by atomic mass is 16.5. The van der Waals surface area contributed by atoms with Crippen LogP contribution >= 0.6 is 0 Å². The molecule has 0 fully saturated rings. The van der Waals surface area contributed by atoms with E-state index >= 15 is 0 Å². The summed E-state index contributed by atoms with van der Waals surface area (Å²) in [5.41, 5.74) is 7.83. The molecule has 140 valence electrons. The van der Waals surface area contributed by atoms with Crippen LogP contribution < -0.4 is 15.2 Å². The van der Waals surface area contributed by atoms with E-state index in [2.05, 4.69) is 0 Å². The number of anilines is 1. The van der Waals surface area contributed by atoms with Gasteiger partial charge in [0, 0.05) is 31.0 Å². The van der Waals surface area contributed by atoms with Gasteiger partial charge in [0.25, 0.3) is 5.91 Å². The van der Waals surface area contributed by atoms with E-state index < -0.39 is 0 Å². The molecule has 0 saturated carbocycles. The fourth-order valence-corrected chi connectivity index (χ4v) is 2.75. The maximum Gasteiger partial charge on any atom is 0.254 e. The number of carbonyl (C=O) groups is 1. The standard InChI is InChI=1S/C20H26N2O4/c1-14(13-24-2)22(20(23)16-6-5-7-17(21)10-16)12-15-8-18(25-3)11-19(9-15)26-4/h5-11,14H,12-13,21H2,1-4H3/t14-/m0/s1. The molecule has 2 aromatic carbocycles. The Kier molecular flexibility index (Phi) is 6.86. The first kappa shape index (κ1) is 19.6. The molecule has 6 nitrogen and oxygen atoms in total. The van der Waals surface area contributed by atoms with Gasteiger partial charge in [0.2, 0.25) is 0 Å². The number of carbonyl (C=O) groups excluding carboxylic acids is 1. The Morgan fingerprint density at radius 1 is 1.08 bits per heavy atom. The van der Waals surface area contributed by atoms with Crippen LogP contribution in [0.5, 0.6) is 11.5 Å². The van der Waals surface area contributed by atoms with Crippen molar-refractivity contribution in [2.24, 2.45) is 0 Å². The number of hydrogen-bond donors (Lipinski definition) is 1. The van der Waals surface area contributed by atoms with Crippen molar-refractivity contribution in [1.82, 2.24) is 4.90 Å². The van der Waals surface area contributed by atoms with Crippen LogP contribution in [0.3, 0.4) is 0 Å². The first-order valence-corrected chi connectivity index (χ1v) is 8.36. The molecule has 1 amide bonds. The van der Waals surface area contributed by atoms with Crippen molar-refractivity contribution < 1.29 is 19.0 Å². The predicted molar refractivity (Wildman–Crippen MR) is 102 cm³/mol. The van der Waals surface area contributed by atoms with Crippen LogP contribution in [-0.4, -0.2) is 44.8 Å². The molecule has 0 heterocycles. The van der Waals surface area contributed by atoms with Gasteiger partial charge in [0.15, 0.2) is 0 Å². The summed E-state index contributed by atoms with van der Waals surface area (Å²) in [5, 5.41) is 0. The van der Waals surface area contributed by atoms with Gasteiger partial charge in [-0.1, -0.05) is 6.07 Å². The maximum absolute atomic E-state index is 13.1. The van der Waals surface area contributed by atoms with Gasteiger partial charge in [-0.05, 0) is 42.8 Å². The van der Waals surface area contributed by atoms with Crippen molar-refractivity contribution in [3.05, 3.63) is 53.6 Å². The molecular formula is C20H26N2O4. The van der Waals surface area contributed by atoms with Crippen molar-refractivity contribution in [3.8, 4) is 11.5 Å². The summed E-state index contributed by atoms with van der Waals surface area (Å²) >= 11 is 0. The lowest BCUT2D eigenvalue weighted by Gasteiger charge is -2.29. The molecule has 26 heavy (non-hydrogen) atoms. The molecule has 0 aliphatic heterocycles. The van der Waals surface area contributed by atoms with Crippen molar-refractivity contribution >= 4 is 11.6 Å². The van der Waals surface area contributed by atoms with Crippen molar-refractivity contribution in [2.75, 3.05) is 33.7 Å². The van der Waals surface area contributed by atoms with Crippen LogP contribution in [0.1, 0.15) is 22.8 Å². The zero-order chi connectivity index (χ0) is 19.1. The van der Waals surface area contributed by atoms with Gasteiger partial charge >= 0.3 is 0 Å². The number of methoxy groups -OCH3 is 3. The van der Waals surface area contributed by atoms with E-state index in [-0.39, 0.29) is 11.9 Å².